The van der Waals surface area contributed by atoms with E-state index in [9.17, 15) is 9.18 Å². The van der Waals surface area contributed by atoms with Crippen LogP contribution >= 0.6 is 0 Å². The highest BCUT2D eigenvalue weighted by molar-refractivity contribution is 6.02. The van der Waals surface area contributed by atoms with Crippen molar-refractivity contribution in [1.29, 1.82) is 0 Å². The molecule has 25 heavy (non-hydrogen) atoms. The zero-order chi connectivity index (χ0) is 17.2. The van der Waals surface area contributed by atoms with E-state index in [0.717, 1.165) is 17.7 Å². The number of hydrogen-bond acceptors (Lipinski definition) is 1. The van der Waals surface area contributed by atoms with Crippen molar-refractivity contribution in [3.05, 3.63) is 95.3 Å². The Bertz CT molecular complexity index is 974. The number of hydrogen-bond donors (Lipinski definition) is 1. The third kappa shape index (κ3) is 3.22. The average molecular weight is 329 g/mol. The lowest BCUT2D eigenvalue weighted by Gasteiger charge is -2.06. The lowest BCUT2D eigenvalue weighted by molar-refractivity contribution is -0.111. The minimum absolute atomic E-state index is 0.209. The molecule has 0 aliphatic heterocycles. The molecule has 2 nitrogen and oxygen atoms in total. The van der Waals surface area contributed by atoms with Crippen molar-refractivity contribution in [3.63, 3.8) is 0 Å². The molecule has 1 amide bonds. The summed E-state index contributed by atoms with van der Waals surface area (Å²) in [6.07, 6.45) is 4.01. The van der Waals surface area contributed by atoms with Gasteiger partial charge in [0.2, 0.25) is 5.91 Å². The van der Waals surface area contributed by atoms with Gasteiger partial charge in [0.1, 0.15) is 5.82 Å². The smallest absolute Gasteiger partial charge is 0.248 e. The van der Waals surface area contributed by atoms with E-state index in [2.05, 4.69) is 23.5 Å². The number of halogens is 1. The Morgan fingerprint density at radius 3 is 2.52 bits per heavy atom. The summed E-state index contributed by atoms with van der Waals surface area (Å²) in [7, 11) is 0. The molecule has 1 aliphatic rings. The van der Waals surface area contributed by atoms with Crippen LogP contribution in [0.4, 0.5) is 10.1 Å². The molecule has 1 N–H and O–H groups in total. The third-order valence-corrected chi connectivity index (χ3v) is 4.36. The molecule has 0 radical (unpaired) electrons. The molecule has 0 spiro atoms. The van der Waals surface area contributed by atoms with E-state index >= 15 is 0 Å². The first-order valence-electron chi connectivity index (χ1n) is 8.15. The molecule has 0 saturated carbocycles. The number of carbonyl (C=O) groups is 1. The summed E-state index contributed by atoms with van der Waals surface area (Å²) in [5.41, 5.74) is 6.60. The lowest BCUT2D eigenvalue weighted by atomic mass is 10.1. The maximum absolute atomic E-state index is 12.9. The van der Waals surface area contributed by atoms with Crippen molar-refractivity contribution in [1.82, 2.24) is 0 Å². The molecule has 0 heterocycles. The second-order valence-corrected chi connectivity index (χ2v) is 6.08. The molecule has 122 valence electrons. The largest absolute Gasteiger partial charge is 0.323 e. The summed E-state index contributed by atoms with van der Waals surface area (Å²) < 4.78 is 12.9. The van der Waals surface area contributed by atoms with E-state index in [0.29, 0.717) is 0 Å². The van der Waals surface area contributed by atoms with Crippen molar-refractivity contribution >= 4 is 17.7 Å². The van der Waals surface area contributed by atoms with E-state index in [1.807, 2.05) is 24.3 Å². The van der Waals surface area contributed by atoms with Gasteiger partial charge in [0.05, 0.1) is 0 Å². The Morgan fingerprint density at radius 1 is 0.920 bits per heavy atom. The molecule has 0 saturated heterocycles. The highest BCUT2D eigenvalue weighted by Gasteiger charge is 2.17. The Kier molecular flexibility index (Phi) is 3.90. The number of anilines is 1. The fourth-order valence-electron chi connectivity index (χ4n) is 3.15. The van der Waals surface area contributed by atoms with Gasteiger partial charge in [0, 0.05) is 11.8 Å². The molecule has 3 aromatic rings. The Morgan fingerprint density at radius 2 is 1.68 bits per heavy atom. The van der Waals surface area contributed by atoms with Crippen molar-refractivity contribution < 1.29 is 9.18 Å². The number of amides is 1. The summed E-state index contributed by atoms with van der Waals surface area (Å²) in [5, 5.41) is 2.88. The van der Waals surface area contributed by atoms with Gasteiger partial charge in [-0.15, -0.1) is 0 Å². The monoisotopic (exact) mass is 329 g/mol. The molecule has 4 rings (SSSR count). The van der Waals surface area contributed by atoms with Gasteiger partial charge in [-0.3, -0.25) is 4.79 Å². The van der Waals surface area contributed by atoms with Crippen LogP contribution in [0.2, 0.25) is 0 Å². The van der Waals surface area contributed by atoms with E-state index < -0.39 is 0 Å². The predicted molar refractivity (Wildman–Crippen MR) is 98.7 cm³/mol. The van der Waals surface area contributed by atoms with Gasteiger partial charge < -0.3 is 5.32 Å². The zero-order valence-electron chi connectivity index (χ0n) is 13.5. The van der Waals surface area contributed by atoms with Crippen molar-refractivity contribution in [3.8, 4) is 11.1 Å². The summed E-state index contributed by atoms with van der Waals surface area (Å²) in [4.78, 5) is 12.1. The van der Waals surface area contributed by atoms with E-state index in [-0.39, 0.29) is 11.7 Å². The van der Waals surface area contributed by atoms with Crippen LogP contribution in [0.15, 0.2) is 72.8 Å². The third-order valence-electron chi connectivity index (χ3n) is 4.36. The molecular formula is C22H16FNO. The summed E-state index contributed by atoms with van der Waals surface area (Å²) in [5.74, 6) is -0.500. The second-order valence-electron chi connectivity index (χ2n) is 6.08. The van der Waals surface area contributed by atoms with Crippen molar-refractivity contribution in [2.75, 3.05) is 5.32 Å². The van der Waals surface area contributed by atoms with Gasteiger partial charge in [-0.05, 0) is 64.6 Å². The van der Waals surface area contributed by atoms with Crippen LogP contribution in [0.3, 0.4) is 0 Å². The maximum Gasteiger partial charge on any atom is 0.248 e. The van der Waals surface area contributed by atoms with Crippen LogP contribution in [0, 0.1) is 5.82 Å². The first kappa shape index (κ1) is 15.3. The highest BCUT2D eigenvalue weighted by Crippen LogP contribution is 2.37. The molecular weight excluding hydrogens is 313 g/mol. The van der Waals surface area contributed by atoms with E-state index in [4.69, 9.17) is 0 Å². The van der Waals surface area contributed by atoms with Gasteiger partial charge in [-0.1, -0.05) is 42.5 Å². The lowest BCUT2D eigenvalue weighted by Crippen LogP contribution is -2.07. The van der Waals surface area contributed by atoms with Crippen LogP contribution < -0.4 is 5.32 Å². The zero-order valence-corrected chi connectivity index (χ0v) is 13.5. The number of nitrogens with one attached hydrogen (secondary N) is 1. The van der Waals surface area contributed by atoms with Crippen molar-refractivity contribution in [2.45, 2.75) is 6.42 Å². The number of carbonyl (C=O) groups excluding carboxylic acids is 1. The fourth-order valence-corrected chi connectivity index (χ4v) is 3.15. The molecule has 3 heteroatoms. The van der Waals surface area contributed by atoms with Crippen LogP contribution in [0.25, 0.3) is 17.2 Å². The van der Waals surface area contributed by atoms with Gasteiger partial charge >= 0.3 is 0 Å². The Hall–Kier alpha value is -3.20. The van der Waals surface area contributed by atoms with Gasteiger partial charge in [-0.2, -0.15) is 0 Å². The standard InChI is InChI=1S/C22H16FNO/c23-18-8-5-15(6-9-18)7-12-22(25)24-19-10-11-21-17(14-19)13-16-3-1-2-4-20(16)21/h1-12,14H,13H2,(H,24,25)/b12-7+. The number of benzene rings is 3. The number of fused-ring (bicyclic) bond motifs is 3. The van der Waals surface area contributed by atoms with Gasteiger partial charge in [-0.25, -0.2) is 4.39 Å². The molecule has 0 unspecified atom stereocenters. The van der Waals surface area contributed by atoms with Gasteiger partial charge in [0.15, 0.2) is 0 Å². The molecule has 1 aliphatic carbocycles. The minimum Gasteiger partial charge on any atom is -0.323 e. The summed E-state index contributed by atoms with van der Waals surface area (Å²) in [6, 6.07) is 20.4. The van der Waals surface area contributed by atoms with E-state index in [1.165, 1.54) is 40.5 Å². The topological polar surface area (TPSA) is 29.1 Å². The normalized spacial score (nSPS) is 12.0. The first-order valence-corrected chi connectivity index (χ1v) is 8.15. The number of rotatable bonds is 3. The van der Waals surface area contributed by atoms with Crippen LogP contribution in [-0.4, -0.2) is 5.91 Å². The summed E-state index contributed by atoms with van der Waals surface area (Å²) >= 11 is 0. The molecule has 0 fully saturated rings. The minimum atomic E-state index is -0.291. The maximum atomic E-state index is 12.9. The Labute approximate surface area is 145 Å². The molecule has 0 aromatic heterocycles. The van der Waals surface area contributed by atoms with Crippen LogP contribution in [-0.2, 0) is 11.2 Å². The van der Waals surface area contributed by atoms with Crippen LogP contribution in [0.5, 0.6) is 0 Å². The molecule has 0 atom stereocenters. The van der Waals surface area contributed by atoms with Crippen LogP contribution in [0.1, 0.15) is 16.7 Å². The second kappa shape index (κ2) is 6.36. The summed E-state index contributed by atoms with van der Waals surface area (Å²) in [6.45, 7) is 0. The SMILES string of the molecule is O=C(/C=C/c1ccc(F)cc1)Nc1ccc2c(c1)Cc1ccccc1-2. The fraction of sp³-hybridized carbons (Fsp3) is 0.0455. The quantitative estimate of drug-likeness (QED) is 0.524. The van der Waals surface area contributed by atoms with Crippen molar-refractivity contribution in [2.24, 2.45) is 0 Å². The molecule has 0 bridgehead atoms. The first-order chi connectivity index (χ1) is 12.2. The highest BCUT2D eigenvalue weighted by atomic mass is 19.1. The average Bonchev–Trinajstić information content (AvgIpc) is 2.99. The van der Waals surface area contributed by atoms with Gasteiger partial charge in [0.25, 0.3) is 0 Å². The Balaban J connectivity index is 1.48. The van der Waals surface area contributed by atoms with E-state index in [1.54, 1.807) is 18.2 Å². The predicted octanol–water partition coefficient (Wildman–Crippen LogP) is 5.05. The molecule has 3 aromatic carbocycles.